The summed E-state index contributed by atoms with van der Waals surface area (Å²) in [6.07, 6.45) is 1.47. The zero-order chi connectivity index (χ0) is 20.8. The highest BCUT2D eigenvalue weighted by Gasteiger charge is 2.29. The van der Waals surface area contributed by atoms with Crippen LogP contribution in [-0.2, 0) is 27.5 Å². The van der Waals surface area contributed by atoms with E-state index in [9.17, 15) is 9.18 Å². The Morgan fingerprint density at radius 1 is 1.34 bits per heavy atom. The van der Waals surface area contributed by atoms with Crippen molar-refractivity contribution in [1.82, 2.24) is 4.98 Å². The van der Waals surface area contributed by atoms with Gasteiger partial charge in [-0.3, -0.25) is 15.2 Å². The fourth-order valence-electron chi connectivity index (χ4n) is 3.20. The number of rotatable bonds is 9. The molecule has 0 unspecified atom stereocenters. The van der Waals surface area contributed by atoms with Crippen LogP contribution in [0.25, 0.3) is 0 Å². The molecule has 1 aromatic carbocycles. The molecule has 0 atom stereocenters. The number of carbonyl (C=O) groups is 1. The van der Waals surface area contributed by atoms with E-state index in [-0.39, 0.29) is 18.9 Å². The monoisotopic (exact) mass is 400 g/mol. The van der Waals surface area contributed by atoms with E-state index in [0.717, 1.165) is 11.3 Å². The van der Waals surface area contributed by atoms with Crippen LogP contribution < -0.4 is 10.6 Å². The maximum absolute atomic E-state index is 14.8. The Labute approximate surface area is 169 Å². The van der Waals surface area contributed by atoms with Gasteiger partial charge < -0.3 is 20.1 Å². The number of hydrogen-bond donors (Lipinski definition) is 2. The lowest BCUT2D eigenvalue weighted by Gasteiger charge is -2.41. The minimum absolute atomic E-state index is 0.183. The Hall–Kier alpha value is -3.00. The molecule has 1 saturated heterocycles. The number of carbonyl (C=O) groups excluding carboxylic acids is 1. The average Bonchev–Trinajstić information content (AvgIpc) is 2.63. The molecule has 2 heterocycles. The standard InChI is InChI=1S/C21H25FN4O3/c1-14-7-15(5-6-25-14)11-28-12-16-9-26(10-16)18-4-2-3-17(21(18)22)13-29-20(27)8-19(23)24/h2-7,16H,8-13H2,1H3,(H3,23,24). The number of aromatic nitrogens is 1. The van der Waals surface area contributed by atoms with E-state index >= 15 is 0 Å². The molecule has 1 aliphatic heterocycles. The minimum atomic E-state index is -0.646. The lowest BCUT2D eigenvalue weighted by Crippen LogP contribution is -2.49. The Balaban J connectivity index is 1.46. The number of nitrogens with zero attached hydrogens (tertiary/aromatic N) is 2. The summed E-state index contributed by atoms with van der Waals surface area (Å²) in [5, 5.41) is 7.08. The smallest absolute Gasteiger partial charge is 0.313 e. The molecule has 0 bridgehead atoms. The number of amidine groups is 1. The molecular weight excluding hydrogens is 375 g/mol. The van der Waals surface area contributed by atoms with Gasteiger partial charge in [0.05, 0.1) is 18.9 Å². The third-order valence-corrected chi connectivity index (χ3v) is 4.66. The van der Waals surface area contributed by atoms with Gasteiger partial charge in [0.2, 0.25) is 0 Å². The highest BCUT2D eigenvalue weighted by Crippen LogP contribution is 2.29. The molecule has 0 radical (unpaired) electrons. The molecule has 3 rings (SSSR count). The lowest BCUT2D eigenvalue weighted by molar-refractivity contribution is -0.143. The van der Waals surface area contributed by atoms with Gasteiger partial charge in [-0.05, 0) is 30.7 Å². The zero-order valence-electron chi connectivity index (χ0n) is 16.4. The fraction of sp³-hybridized carbons (Fsp3) is 0.381. The number of nitrogens with one attached hydrogen (secondary N) is 1. The second kappa shape index (κ2) is 9.47. The second-order valence-corrected chi connectivity index (χ2v) is 7.20. The van der Waals surface area contributed by atoms with Crippen molar-refractivity contribution >= 4 is 17.5 Å². The number of nitrogens with two attached hydrogens (primary N) is 1. The predicted molar refractivity (Wildman–Crippen MR) is 107 cm³/mol. The summed E-state index contributed by atoms with van der Waals surface area (Å²) >= 11 is 0. The first-order valence-electron chi connectivity index (χ1n) is 9.42. The molecule has 29 heavy (non-hydrogen) atoms. The summed E-state index contributed by atoms with van der Waals surface area (Å²) in [5.41, 5.74) is 8.00. The lowest BCUT2D eigenvalue weighted by atomic mass is 9.99. The van der Waals surface area contributed by atoms with Crippen LogP contribution in [0.15, 0.2) is 36.5 Å². The Kier molecular flexibility index (Phi) is 6.77. The van der Waals surface area contributed by atoms with Crippen molar-refractivity contribution in [3.63, 3.8) is 0 Å². The van der Waals surface area contributed by atoms with Crippen LogP contribution in [0.2, 0.25) is 0 Å². The molecule has 154 valence electrons. The van der Waals surface area contributed by atoms with Crippen LogP contribution in [-0.4, -0.2) is 36.5 Å². The molecule has 1 fully saturated rings. The Bertz CT molecular complexity index is 884. The molecule has 0 spiro atoms. The third kappa shape index (κ3) is 5.74. The van der Waals surface area contributed by atoms with Crippen molar-refractivity contribution in [2.75, 3.05) is 24.6 Å². The summed E-state index contributed by atoms with van der Waals surface area (Å²) in [6.45, 7) is 4.33. The van der Waals surface area contributed by atoms with Gasteiger partial charge in [-0.2, -0.15) is 0 Å². The normalized spacial score (nSPS) is 13.8. The van der Waals surface area contributed by atoms with Crippen molar-refractivity contribution < 1.29 is 18.7 Å². The van der Waals surface area contributed by atoms with Gasteiger partial charge in [0.1, 0.15) is 18.9 Å². The molecule has 0 saturated carbocycles. The van der Waals surface area contributed by atoms with E-state index in [1.54, 1.807) is 24.4 Å². The first kappa shape index (κ1) is 20.7. The van der Waals surface area contributed by atoms with E-state index < -0.39 is 11.8 Å². The van der Waals surface area contributed by atoms with Gasteiger partial charge >= 0.3 is 5.97 Å². The Morgan fingerprint density at radius 3 is 2.86 bits per heavy atom. The quantitative estimate of drug-likeness (QED) is 0.381. The van der Waals surface area contributed by atoms with Crippen LogP contribution in [0.5, 0.6) is 0 Å². The number of esters is 1. The molecule has 0 aliphatic carbocycles. The largest absolute Gasteiger partial charge is 0.460 e. The molecule has 8 heteroatoms. The summed E-state index contributed by atoms with van der Waals surface area (Å²) in [7, 11) is 0. The molecule has 2 aromatic rings. The van der Waals surface area contributed by atoms with Gasteiger partial charge in [-0.15, -0.1) is 0 Å². The first-order chi connectivity index (χ1) is 13.9. The van der Waals surface area contributed by atoms with E-state index in [4.69, 9.17) is 20.6 Å². The summed E-state index contributed by atoms with van der Waals surface area (Å²) in [5.74, 6) is -0.978. The van der Waals surface area contributed by atoms with Crippen molar-refractivity contribution in [2.24, 2.45) is 11.7 Å². The van der Waals surface area contributed by atoms with Crippen molar-refractivity contribution in [2.45, 2.75) is 26.6 Å². The number of anilines is 1. The number of halogens is 1. The number of benzene rings is 1. The van der Waals surface area contributed by atoms with E-state index in [0.29, 0.717) is 43.5 Å². The predicted octanol–water partition coefficient (Wildman–Crippen LogP) is 2.55. The van der Waals surface area contributed by atoms with Gasteiger partial charge in [0.25, 0.3) is 0 Å². The van der Waals surface area contributed by atoms with E-state index in [2.05, 4.69) is 4.98 Å². The minimum Gasteiger partial charge on any atom is -0.460 e. The van der Waals surface area contributed by atoms with Crippen LogP contribution in [0.3, 0.4) is 0 Å². The van der Waals surface area contributed by atoms with Gasteiger partial charge in [-0.1, -0.05) is 12.1 Å². The second-order valence-electron chi connectivity index (χ2n) is 7.20. The van der Waals surface area contributed by atoms with Gasteiger partial charge in [0.15, 0.2) is 5.82 Å². The maximum Gasteiger partial charge on any atom is 0.313 e. The maximum atomic E-state index is 14.8. The van der Waals surface area contributed by atoms with E-state index in [1.165, 1.54) is 0 Å². The van der Waals surface area contributed by atoms with Crippen LogP contribution >= 0.6 is 0 Å². The number of hydrogen-bond acceptors (Lipinski definition) is 6. The van der Waals surface area contributed by atoms with Crippen LogP contribution in [0.1, 0.15) is 23.2 Å². The summed E-state index contributed by atoms with van der Waals surface area (Å²) in [4.78, 5) is 17.6. The van der Waals surface area contributed by atoms with Crippen molar-refractivity contribution in [1.29, 1.82) is 5.41 Å². The van der Waals surface area contributed by atoms with Gasteiger partial charge in [0, 0.05) is 36.5 Å². The van der Waals surface area contributed by atoms with Crippen molar-refractivity contribution in [3.8, 4) is 0 Å². The highest BCUT2D eigenvalue weighted by molar-refractivity contribution is 5.94. The SMILES string of the molecule is Cc1cc(COCC2CN(c3cccc(COC(=O)CC(=N)N)c3F)C2)ccn1. The van der Waals surface area contributed by atoms with Crippen LogP contribution in [0.4, 0.5) is 10.1 Å². The number of pyridine rings is 1. The Morgan fingerprint density at radius 2 is 2.14 bits per heavy atom. The zero-order valence-corrected chi connectivity index (χ0v) is 16.4. The third-order valence-electron chi connectivity index (χ3n) is 4.66. The summed E-state index contributed by atoms with van der Waals surface area (Å²) in [6, 6.07) is 8.97. The average molecular weight is 400 g/mol. The van der Waals surface area contributed by atoms with Crippen LogP contribution in [0, 0.1) is 24.1 Å². The fourth-order valence-corrected chi connectivity index (χ4v) is 3.20. The highest BCUT2D eigenvalue weighted by atomic mass is 19.1. The molecule has 1 aliphatic rings. The van der Waals surface area contributed by atoms with E-state index in [1.807, 2.05) is 24.0 Å². The number of ether oxygens (including phenoxy) is 2. The topological polar surface area (TPSA) is 102 Å². The van der Waals surface area contributed by atoms with Crippen molar-refractivity contribution in [3.05, 3.63) is 59.2 Å². The van der Waals surface area contributed by atoms with Gasteiger partial charge in [-0.25, -0.2) is 4.39 Å². The molecular formula is C21H25FN4O3. The first-order valence-corrected chi connectivity index (χ1v) is 9.42. The molecule has 1 aromatic heterocycles. The molecule has 7 nitrogen and oxygen atoms in total. The number of aryl methyl sites for hydroxylation is 1. The summed E-state index contributed by atoms with van der Waals surface area (Å²) < 4.78 is 25.5. The molecule has 0 amide bonds. The molecule has 3 N–H and O–H groups in total.